The number of anilines is 1. The van der Waals surface area contributed by atoms with Gasteiger partial charge in [-0.3, -0.25) is 0 Å². The van der Waals surface area contributed by atoms with Gasteiger partial charge in [0.2, 0.25) is 5.84 Å². The minimum absolute atomic E-state index is 0.0119. The van der Waals surface area contributed by atoms with Gasteiger partial charge in [-0.15, -0.1) is 0 Å². The Morgan fingerprint density at radius 2 is 2.32 bits per heavy atom. The third-order valence-electron chi connectivity index (χ3n) is 3.75. The lowest BCUT2D eigenvalue weighted by molar-refractivity contribution is 0.110. The first kappa shape index (κ1) is 17.6. The van der Waals surface area contributed by atoms with E-state index in [0.29, 0.717) is 24.5 Å². The molecule has 1 aliphatic heterocycles. The van der Waals surface area contributed by atoms with E-state index >= 15 is 0 Å². The molecule has 3 N–H and O–H groups in total. The maximum Gasteiger partial charge on any atom is 0.201 e. The molecule has 8 nitrogen and oxygen atoms in total. The van der Waals surface area contributed by atoms with Crippen molar-refractivity contribution in [2.75, 3.05) is 18.5 Å². The number of benzene rings is 1. The second-order valence-corrected chi connectivity index (χ2v) is 5.94. The quantitative estimate of drug-likeness (QED) is 0.311. The van der Waals surface area contributed by atoms with E-state index in [-0.39, 0.29) is 22.7 Å². The predicted octanol–water partition coefficient (Wildman–Crippen LogP) is 2.38. The first-order valence-corrected chi connectivity index (χ1v) is 8.13. The predicted molar refractivity (Wildman–Crippen MR) is 88.3 cm³/mol. The molecule has 0 saturated carbocycles. The minimum Gasteiger partial charge on any atom is -0.409 e. The summed E-state index contributed by atoms with van der Waals surface area (Å²) in [5.74, 6) is -0.533. The van der Waals surface area contributed by atoms with Crippen LogP contribution in [0.1, 0.15) is 24.2 Å². The highest BCUT2D eigenvalue weighted by atomic mass is 35.5. The molecule has 2 aromatic rings. The van der Waals surface area contributed by atoms with Crippen molar-refractivity contribution in [1.29, 1.82) is 0 Å². The highest BCUT2D eigenvalue weighted by Gasteiger charge is 2.19. The maximum atomic E-state index is 13.2. The highest BCUT2D eigenvalue weighted by molar-refractivity contribution is 6.31. The third kappa shape index (κ3) is 4.44. The van der Waals surface area contributed by atoms with Crippen LogP contribution in [0.15, 0.2) is 28.0 Å². The number of ether oxygens (including phenoxy) is 1. The Kier molecular flexibility index (Phi) is 5.79. The molecule has 1 aliphatic rings. The van der Waals surface area contributed by atoms with Crippen LogP contribution in [0.3, 0.4) is 0 Å². The Bertz CT molecular complexity index is 749. The smallest absolute Gasteiger partial charge is 0.201 e. The molecular formula is C15H17ClFN5O3. The van der Waals surface area contributed by atoms with E-state index in [4.69, 9.17) is 21.0 Å². The average Bonchev–Trinajstić information content (AvgIpc) is 3.28. The molecule has 1 saturated heterocycles. The van der Waals surface area contributed by atoms with Gasteiger partial charge in [-0.25, -0.2) is 9.02 Å². The molecule has 0 amide bonds. The number of aromatic nitrogens is 2. The molecule has 0 spiro atoms. The molecule has 134 valence electrons. The SMILES string of the molecule is O/N=C(/Nc1ccc(F)c(Cl)c1)c1nonc1CNCC1CCCO1. The Morgan fingerprint density at radius 3 is 3.04 bits per heavy atom. The number of oxime groups is 1. The molecule has 10 heteroatoms. The van der Waals surface area contributed by atoms with Gasteiger partial charge >= 0.3 is 0 Å². The van der Waals surface area contributed by atoms with Crippen LogP contribution >= 0.6 is 11.6 Å². The van der Waals surface area contributed by atoms with Crippen LogP contribution in [-0.2, 0) is 11.3 Å². The lowest BCUT2D eigenvalue weighted by Crippen LogP contribution is -2.27. The zero-order chi connectivity index (χ0) is 17.6. The van der Waals surface area contributed by atoms with E-state index in [1.54, 1.807) is 0 Å². The molecule has 0 bridgehead atoms. The van der Waals surface area contributed by atoms with Crippen LogP contribution in [0.4, 0.5) is 10.1 Å². The number of rotatable bonds is 6. The first-order chi connectivity index (χ1) is 12.2. The summed E-state index contributed by atoms with van der Waals surface area (Å²) >= 11 is 5.74. The molecule has 1 aromatic carbocycles. The van der Waals surface area contributed by atoms with E-state index < -0.39 is 5.82 Å². The molecule has 1 atom stereocenters. The van der Waals surface area contributed by atoms with Gasteiger partial charge in [0.15, 0.2) is 5.69 Å². The van der Waals surface area contributed by atoms with Gasteiger partial charge < -0.3 is 20.6 Å². The Hall–Kier alpha value is -2.23. The highest BCUT2D eigenvalue weighted by Crippen LogP contribution is 2.20. The molecule has 1 aromatic heterocycles. The molecule has 25 heavy (non-hydrogen) atoms. The summed E-state index contributed by atoms with van der Waals surface area (Å²) in [6.45, 7) is 1.83. The molecular weight excluding hydrogens is 353 g/mol. The lowest BCUT2D eigenvalue weighted by atomic mass is 10.2. The molecule has 2 heterocycles. The lowest BCUT2D eigenvalue weighted by Gasteiger charge is -2.10. The largest absolute Gasteiger partial charge is 0.409 e. The summed E-state index contributed by atoms with van der Waals surface area (Å²) in [5, 5.41) is 26.0. The van der Waals surface area contributed by atoms with Crippen molar-refractivity contribution in [3.8, 4) is 0 Å². The normalized spacial score (nSPS) is 17.8. The molecule has 1 fully saturated rings. The summed E-state index contributed by atoms with van der Waals surface area (Å²) < 4.78 is 23.5. The van der Waals surface area contributed by atoms with Crippen molar-refractivity contribution >= 4 is 23.1 Å². The van der Waals surface area contributed by atoms with Crippen LogP contribution in [0.5, 0.6) is 0 Å². The van der Waals surface area contributed by atoms with Crippen LogP contribution in [0.2, 0.25) is 5.02 Å². The molecule has 1 unspecified atom stereocenters. The zero-order valence-corrected chi connectivity index (χ0v) is 14.0. The Balaban J connectivity index is 1.64. The van der Waals surface area contributed by atoms with Crippen molar-refractivity contribution in [3.05, 3.63) is 40.4 Å². The fourth-order valence-electron chi connectivity index (χ4n) is 2.50. The second kappa shape index (κ2) is 8.24. The molecule has 3 rings (SSSR count). The summed E-state index contributed by atoms with van der Waals surface area (Å²) in [7, 11) is 0. The molecule has 0 radical (unpaired) electrons. The second-order valence-electron chi connectivity index (χ2n) is 5.53. The van der Waals surface area contributed by atoms with Gasteiger partial charge in [-0.1, -0.05) is 21.9 Å². The van der Waals surface area contributed by atoms with Gasteiger partial charge in [-0.2, -0.15) is 0 Å². The fraction of sp³-hybridized carbons (Fsp3) is 0.400. The number of amidine groups is 1. The van der Waals surface area contributed by atoms with Crippen LogP contribution in [0.25, 0.3) is 0 Å². The van der Waals surface area contributed by atoms with E-state index in [2.05, 4.69) is 26.1 Å². The number of hydrogen-bond donors (Lipinski definition) is 3. The topological polar surface area (TPSA) is 105 Å². The summed E-state index contributed by atoms with van der Waals surface area (Å²) in [6, 6.07) is 4.02. The Labute approximate surface area is 147 Å². The first-order valence-electron chi connectivity index (χ1n) is 7.75. The third-order valence-corrected chi connectivity index (χ3v) is 4.04. The molecule has 0 aliphatic carbocycles. The van der Waals surface area contributed by atoms with Gasteiger partial charge in [0.25, 0.3) is 0 Å². The van der Waals surface area contributed by atoms with Crippen molar-refractivity contribution in [3.63, 3.8) is 0 Å². The van der Waals surface area contributed by atoms with Gasteiger partial charge in [0.1, 0.15) is 11.5 Å². The number of halogens is 2. The van der Waals surface area contributed by atoms with Crippen molar-refractivity contribution in [1.82, 2.24) is 15.6 Å². The summed E-state index contributed by atoms with van der Waals surface area (Å²) in [5.41, 5.74) is 1.13. The van der Waals surface area contributed by atoms with Crippen molar-refractivity contribution in [2.24, 2.45) is 5.16 Å². The monoisotopic (exact) mass is 369 g/mol. The number of hydrogen-bond acceptors (Lipinski definition) is 7. The van der Waals surface area contributed by atoms with E-state index in [0.717, 1.165) is 19.4 Å². The zero-order valence-electron chi connectivity index (χ0n) is 13.2. The van der Waals surface area contributed by atoms with Crippen molar-refractivity contribution < 1.29 is 19.0 Å². The Morgan fingerprint density at radius 1 is 1.44 bits per heavy atom. The fourth-order valence-corrected chi connectivity index (χ4v) is 2.68. The standard InChI is InChI=1S/C15H17ClFN5O3/c16-11-6-9(3-4-12(11)17)19-15(20-23)14-13(21-25-22-14)8-18-7-10-2-1-5-24-10/h3-4,6,10,18,23H,1-2,5,7-8H2,(H,19,20). The van der Waals surface area contributed by atoms with E-state index in [9.17, 15) is 9.60 Å². The van der Waals surface area contributed by atoms with Crippen LogP contribution in [0, 0.1) is 5.82 Å². The van der Waals surface area contributed by atoms with Crippen LogP contribution in [-0.4, -0.2) is 40.6 Å². The number of nitrogens with one attached hydrogen (secondary N) is 2. The van der Waals surface area contributed by atoms with Crippen LogP contribution < -0.4 is 10.6 Å². The number of nitrogens with zero attached hydrogens (tertiary/aromatic N) is 3. The average molecular weight is 370 g/mol. The maximum absolute atomic E-state index is 13.2. The van der Waals surface area contributed by atoms with Gasteiger partial charge in [0, 0.05) is 25.4 Å². The summed E-state index contributed by atoms with van der Waals surface area (Å²) in [4.78, 5) is 0. The van der Waals surface area contributed by atoms with Gasteiger partial charge in [-0.05, 0) is 36.2 Å². The van der Waals surface area contributed by atoms with Gasteiger partial charge in [0.05, 0.1) is 11.1 Å². The van der Waals surface area contributed by atoms with Crippen molar-refractivity contribution in [2.45, 2.75) is 25.5 Å². The van der Waals surface area contributed by atoms with E-state index in [1.807, 2.05) is 0 Å². The summed E-state index contributed by atoms with van der Waals surface area (Å²) in [6.07, 6.45) is 2.27. The van der Waals surface area contributed by atoms with E-state index in [1.165, 1.54) is 18.2 Å². The minimum atomic E-state index is -0.545.